The zero-order valence-corrected chi connectivity index (χ0v) is 6.65. The number of aliphatic hydroxyl groups excluding tert-OH is 1. The van der Waals surface area contributed by atoms with Crippen LogP contribution in [-0.4, -0.2) is 11.7 Å². The maximum atomic E-state index is 12.5. The van der Waals surface area contributed by atoms with Crippen LogP contribution in [0.2, 0.25) is 0 Å². The van der Waals surface area contributed by atoms with Crippen molar-refractivity contribution in [3.05, 3.63) is 11.4 Å². The lowest BCUT2D eigenvalue weighted by atomic mass is 10.1. The Balaban J connectivity index is 3.68. The Hall–Kier alpha value is -0.370. The maximum absolute atomic E-state index is 12.5. The highest BCUT2D eigenvalue weighted by Gasteiger charge is 1.97. The SMILES string of the molecule is CCCCC(C)=C(F)CO. The van der Waals surface area contributed by atoms with E-state index >= 15 is 0 Å². The molecule has 0 bridgehead atoms. The molecule has 1 N–H and O–H groups in total. The largest absolute Gasteiger partial charge is 0.389 e. The van der Waals surface area contributed by atoms with Gasteiger partial charge in [0.25, 0.3) is 0 Å². The zero-order valence-electron chi connectivity index (χ0n) is 6.65. The first-order chi connectivity index (χ1) is 4.72. The van der Waals surface area contributed by atoms with Crippen LogP contribution in [0.25, 0.3) is 0 Å². The molecule has 0 fully saturated rings. The van der Waals surface area contributed by atoms with E-state index in [-0.39, 0.29) is 5.83 Å². The third-order valence-corrected chi connectivity index (χ3v) is 1.51. The average Bonchev–Trinajstić information content (AvgIpc) is 1.98. The van der Waals surface area contributed by atoms with Crippen LogP contribution in [0, 0.1) is 0 Å². The van der Waals surface area contributed by atoms with Gasteiger partial charge in [0.05, 0.1) is 6.61 Å². The molecule has 0 aliphatic carbocycles. The Morgan fingerprint density at radius 3 is 2.50 bits per heavy atom. The summed E-state index contributed by atoms with van der Waals surface area (Å²) >= 11 is 0. The molecule has 0 saturated heterocycles. The highest BCUT2D eigenvalue weighted by Crippen LogP contribution is 2.11. The average molecular weight is 146 g/mol. The molecule has 10 heavy (non-hydrogen) atoms. The summed E-state index contributed by atoms with van der Waals surface area (Å²) in [6.07, 6.45) is 2.83. The number of aliphatic hydroxyl groups is 1. The second-order valence-corrected chi connectivity index (χ2v) is 2.45. The summed E-state index contributed by atoms with van der Waals surface area (Å²) in [5.74, 6) is -0.367. The summed E-state index contributed by atoms with van der Waals surface area (Å²) in [7, 11) is 0. The Morgan fingerprint density at radius 2 is 2.10 bits per heavy atom. The van der Waals surface area contributed by atoms with Crippen LogP contribution >= 0.6 is 0 Å². The van der Waals surface area contributed by atoms with Crippen LogP contribution in [0.5, 0.6) is 0 Å². The molecule has 0 spiro atoms. The molecule has 0 amide bonds. The maximum Gasteiger partial charge on any atom is 0.124 e. The first-order valence-electron chi connectivity index (χ1n) is 3.67. The van der Waals surface area contributed by atoms with Gasteiger partial charge in [-0.3, -0.25) is 0 Å². The minimum Gasteiger partial charge on any atom is -0.389 e. The molecule has 0 aliphatic rings. The molecule has 0 saturated carbocycles. The minimum atomic E-state index is -0.449. The van der Waals surface area contributed by atoms with Gasteiger partial charge in [-0.1, -0.05) is 13.3 Å². The Kier molecular flexibility index (Phi) is 5.22. The summed E-state index contributed by atoms with van der Waals surface area (Å²) in [5, 5.41) is 8.37. The van der Waals surface area contributed by atoms with Crippen molar-refractivity contribution in [2.45, 2.75) is 33.1 Å². The molecule has 0 aromatic carbocycles. The van der Waals surface area contributed by atoms with E-state index in [9.17, 15) is 4.39 Å². The lowest BCUT2D eigenvalue weighted by molar-refractivity contribution is 0.295. The van der Waals surface area contributed by atoms with E-state index in [0.717, 1.165) is 19.3 Å². The van der Waals surface area contributed by atoms with Gasteiger partial charge in [0.15, 0.2) is 0 Å². The van der Waals surface area contributed by atoms with Gasteiger partial charge in [0, 0.05) is 0 Å². The highest BCUT2D eigenvalue weighted by molar-refractivity contribution is 5.04. The second kappa shape index (κ2) is 5.42. The number of rotatable bonds is 4. The minimum absolute atomic E-state index is 0.367. The van der Waals surface area contributed by atoms with Gasteiger partial charge in [-0.25, -0.2) is 4.39 Å². The lowest BCUT2D eigenvalue weighted by Gasteiger charge is -1.99. The smallest absolute Gasteiger partial charge is 0.124 e. The van der Waals surface area contributed by atoms with Crippen molar-refractivity contribution in [1.29, 1.82) is 0 Å². The van der Waals surface area contributed by atoms with Gasteiger partial charge < -0.3 is 5.11 Å². The van der Waals surface area contributed by atoms with Gasteiger partial charge in [0.1, 0.15) is 5.83 Å². The van der Waals surface area contributed by atoms with Crippen molar-refractivity contribution < 1.29 is 9.50 Å². The summed E-state index contributed by atoms with van der Waals surface area (Å²) in [6.45, 7) is 3.33. The normalized spacial score (nSPS) is 13.2. The molecule has 0 aromatic rings. The van der Waals surface area contributed by atoms with Crippen LogP contribution < -0.4 is 0 Å². The van der Waals surface area contributed by atoms with E-state index in [1.165, 1.54) is 0 Å². The second-order valence-electron chi connectivity index (χ2n) is 2.45. The molecule has 0 aromatic heterocycles. The monoisotopic (exact) mass is 146 g/mol. The van der Waals surface area contributed by atoms with Crippen molar-refractivity contribution >= 4 is 0 Å². The van der Waals surface area contributed by atoms with E-state index in [1.807, 2.05) is 0 Å². The number of hydrogen-bond donors (Lipinski definition) is 1. The van der Waals surface area contributed by atoms with Gasteiger partial charge in [-0.05, 0) is 25.3 Å². The molecule has 1 nitrogen and oxygen atoms in total. The number of allylic oxidation sites excluding steroid dienone is 1. The fraction of sp³-hybridized carbons (Fsp3) is 0.750. The van der Waals surface area contributed by atoms with Crippen molar-refractivity contribution in [3.63, 3.8) is 0 Å². The number of halogens is 1. The fourth-order valence-electron chi connectivity index (χ4n) is 0.713. The molecule has 0 aliphatic heterocycles. The van der Waals surface area contributed by atoms with Crippen LogP contribution in [0.4, 0.5) is 4.39 Å². The summed E-state index contributed by atoms with van der Waals surface area (Å²) < 4.78 is 12.5. The van der Waals surface area contributed by atoms with Crippen LogP contribution in [0.3, 0.4) is 0 Å². The van der Waals surface area contributed by atoms with Gasteiger partial charge >= 0.3 is 0 Å². The van der Waals surface area contributed by atoms with E-state index in [2.05, 4.69) is 6.92 Å². The zero-order chi connectivity index (χ0) is 7.98. The van der Waals surface area contributed by atoms with Crippen molar-refractivity contribution in [1.82, 2.24) is 0 Å². The predicted octanol–water partition coefficient (Wildman–Crippen LogP) is 2.41. The van der Waals surface area contributed by atoms with E-state index < -0.39 is 6.61 Å². The predicted molar refractivity (Wildman–Crippen MR) is 40.4 cm³/mol. The summed E-state index contributed by atoms with van der Waals surface area (Å²) in [6, 6.07) is 0. The van der Waals surface area contributed by atoms with Crippen molar-refractivity contribution in [2.24, 2.45) is 0 Å². The molecule has 0 atom stereocenters. The quantitative estimate of drug-likeness (QED) is 0.645. The molecule has 0 rings (SSSR count). The Bertz CT molecular complexity index is 118. The fourth-order valence-corrected chi connectivity index (χ4v) is 0.713. The Labute approximate surface area is 61.6 Å². The molecular weight excluding hydrogens is 131 g/mol. The lowest BCUT2D eigenvalue weighted by Crippen LogP contribution is -1.88. The van der Waals surface area contributed by atoms with Gasteiger partial charge in [0.2, 0.25) is 0 Å². The third-order valence-electron chi connectivity index (χ3n) is 1.51. The van der Waals surface area contributed by atoms with Gasteiger partial charge in [-0.15, -0.1) is 0 Å². The van der Waals surface area contributed by atoms with Crippen LogP contribution in [-0.2, 0) is 0 Å². The number of unbranched alkanes of at least 4 members (excludes halogenated alkanes) is 1. The van der Waals surface area contributed by atoms with E-state index in [4.69, 9.17) is 5.11 Å². The molecule has 0 unspecified atom stereocenters. The molecular formula is C8H15FO. The standard InChI is InChI=1S/C8H15FO/c1-3-4-5-7(2)8(9)6-10/h10H,3-6H2,1-2H3. The molecule has 0 heterocycles. The van der Waals surface area contributed by atoms with Crippen LogP contribution in [0.15, 0.2) is 11.4 Å². The topological polar surface area (TPSA) is 20.2 Å². The van der Waals surface area contributed by atoms with Crippen molar-refractivity contribution in [2.75, 3.05) is 6.61 Å². The summed E-state index contributed by atoms with van der Waals surface area (Å²) in [4.78, 5) is 0. The Morgan fingerprint density at radius 1 is 1.50 bits per heavy atom. The summed E-state index contributed by atoms with van der Waals surface area (Å²) in [5.41, 5.74) is 0.685. The van der Waals surface area contributed by atoms with Crippen LogP contribution in [0.1, 0.15) is 33.1 Å². The van der Waals surface area contributed by atoms with Crippen molar-refractivity contribution in [3.8, 4) is 0 Å². The molecule has 0 radical (unpaired) electrons. The highest BCUT2D eigenvalue weighted by atomic mass is 19.1. The first kappa shape index (κ1) is 9.63. The third kappa shape index (κ3) is 3.62. The van der Waals surface area contributed by atoms with E-state index in [1.54, 1.807) is 6.92 Å². The first-order valence-corrected chi connectivity index (χ1v) is 3.67. The van der Waals surface area contributed by atoms with Gasteiger partial charge in [-0.2, -0.15) is 0 Å². The van der Waals surface area contributed by atoms with E-state index in [0.29, 0.717) is 5.57 Å². The molecule has 2 heteroatoms. The number of hydrogen-bond acceptors (Lipinski definition) is 1. The molecule has 60 valence electrons.